The average molecular weight is 353 g/mol. The average Bonchev–Trinajstić information content (AvgIpc) is 2.86. The van der Waals surface area contributed by atoms with Crippen molar-refractivity contribution in [2.75, 3.05) is 5.32 Å². The third-order valence-electron chi connectivity index (χ3n) is 3.47. The van der Waals surface area contributed by atoms with E-state index in [0.717, 1.165) is 0 Å². The fourth-order valence-electron chi connectivity index (χ4n) is 2.31. The molecule has 0 spiro atoms. The van der Waals surface area contributed by atoms with Gasteiger partial charge in [-0.1, -0.05) is 12.1 Å². The largest absolute Gasteiger partial charge is 0.508 e. The summed E-state index contributed by atoms with van der Waals surface area (Å²) in [6.07, 6.45) is -5.07. The van der Waals surface area contributed by atoms with Crippen LogP contribution < -0.4 is 5.32 Å². The molecule has 2 aromatic carbocycles. The number of aromatic nitrogens is 2. The van der Waals surface area contributed by atoms with Gasteiger partial charge in [0.25, 0.3) is 0 Å². The number of phenols is 1. The van der Waals surface area contributed by atoms with Crippen LogP contribution >= 0.6 is 0 Å². The molecular weight excluding hydrogens is 342 g/mol. The Morgan fingerprint density at radius 2 is 1.84 bits per heavy atom. The summed E-state index contributed by atoms with van der Waals surface area (Å²) in [5.74, 6) is -3.05. The number of amides is 1. The van der Waals surface area contributed by atoms with Gasteiger partial charge in [0.1, 0.15) is 11.6 Å². The first-order valence-electron chi connectivity index (χ1n) is 7.06. The summed E-state index contributed by atoms with van der Waals surface area (Å²) in [6.45, 7) is 0.0215. The molecule has 0 aliphatic rings. The topological polar surface area (TPSA) is 67.2 Å². The molecule has 25 heavy (non-hydrogen) atoms. The number of hydrogen-bond donors (Lipinski definition) is 2. The molecular formula is C16H11F4N3O2. The second-order valence-electron chi connectivity index (χ2n) is 5.27. The highest BCUT2D eigenvalue weighted by atomic mass is 19.4. The van der Waals surface area contributed by atoms with Gasteiger partial charge < -0.3 is 9.67 Å². The highest BCUT2D eigenvalue weighted by molar-refractivity contribution is 5.95. The molecule has 0 radical (unpaired) electrons. The highest BCUT2D eigenvalue weighted by Crippen LogP contribution is 2.26. The number of aromatic hydroxyl groups is 1. The Morgan fingerprint density at radius 1 is 1.16 bits per heavy atom. The van der Waals surface area contributed by atoms with Crippen molar-refractivity contribution in [1.82, 2.24) is 9.55 Å². The van der Waals surface area contributed by atoms with Gasteiger partial charge in [0.15, 0.2) is 0 Å². The molecule has 1 amide bonds. The SMILES string of the molecule is O=C(Nc1nc2ccc(O)cc2n1Cc1ccc(F)cc1)C(F)(F)F. The van der Waals surface area contributed by atoms with E-state index in [1.807, 2.05) is 0 Å². The molecule has 2 N–H and O–H groups in total. The van der Waals surface area contributed by atoms with E-state index in [0.29, 0.717) is 11.1 Å². The van der Waals surface area contributed by atoms with Crippen molar-refractivity contribution in [3.63, 3.8) is 0 Å². The fourth-order valence-corrected chi connectivity index (χ4v) is 2.31. The zero-order valence-electron chi connectivity index (χ0n) is 12.5. The van der Waals surface area contributed by atoms with E-state index in [1.54, 1.807) is 5.32 Å². The molecule has 3 aromatic rings. The number of nitrogens with one attached hydrogen (secondary N) is 1. The smallest absolute Gasteiger partial charge is 0.471 e. The Labute approximate surface area is 138 Å². The monoisotopic (exact) mass is 353 g/mol. The number of imidazole rings is 1. The molecule has 1 aromatic heterocycles. The summed E-state index contributed by atoms with van der Waals surface area (Å²) >= 11 is 0. The Kier molecular flexibility index (Phi) is 4.07. The van der Waals surface area contributed by atoms with Crippen LogP contribution in [0.25, 0.3) is 11.0 Å². The zero-order chi connectivity index (χ0) is 18.2. The number of phenolic OH excluding ortho intramolecular Hbond substituents is 1. The molecule has 0 fully saturated rings. The predicted octanol–water partition coefficient (Wildman–Crippen LogP) is 3.43. The third kappa shape index (κ3) is 3.54. The number of halogens is 4. The van der Waals surface area contributed by atoms with E-state index in [9.17, 15) is 27.5 Å². The van der Waals surface area contributed by atoms with Crippen LogP contribution in [0.3, 0.4) is 0 Å². The van der Waals surface area contributed by atoms with Gasteiger partial charge in [-0.25, -0.2) is 9.37 Å². The molecule has 1 heterocycles. The standard InChI is InChI=1S/C16H11F4N3O2/c17-10-3-1-9(2-4-10)8-23-13-7-11(24)5-6-12(13)21-15(23)22-14(25)16(18,19)20/h1-7,24H,8H2,(H,21,22,25). The maximum Gasteiger partial charge on any atom is 0.471 e. The van der Waals surface area contributed by atoms with Gasteiger partial charge >= 0.3 is 12.1 Å². The summed E-state index contributed by atoms with van der Waals surface area (Å²) in [4.78, 5) is 15.2. The predicted molar refractivity (Wildman–Crippen MR) is 81.6 cm³/mol. The normalized spacial score (nSPS) is 11.7. The highest BCUT2D eigenvalue weighted by Gasteiger charge is 2.39. The van der Waals surface area contributed by atoms with Crippen molar-refractivity contribution in [1.29, 1.82) is 0 Å². The molecule has 5 nitrogen and oxygen atoms in total. The van der Waals surface area contributed by atoms with E-state index in [1.165, 1.54) is 47.0 Å². The fraction of sp³-hybridized carbons (Fsp3) is 0.125. The van der Waals surface area contributed by atoms with Crippen LogP contribution in [0.1, 0.15) is 5.56 Å². The summed E-state index contributed by atoms with van der Waals surface area (Å²) < 4.78 is 51.9. The quantitative estimate of drug-likeness (QED) is 0.709. The van der Waals surface area contributed by atoms with Crippen molar-refractivity contribution < 1.29 is 27.5 Å². The first-order valence-corrected chi connectivity index (χ1v) is 7.06. The van der Waals surface area contributed by atoms with Crippen LogP contribution in [0.15, 0.2) is 42.5 Å². The Balaban J connectivity index is 2.06. The Hall–Kier alpha value is -3.10. The van der Waals surface area contributed by atoms with Crippen molar-refractivity contribution in [2.24, 2.45) is 0 Å². The number of rotatable bonds is 3. The zero-order valence-corrected chi connectivity index (χ0v) is 12.5. The Bertz CT molecular complexity index is 933. The van der Waals surface area contributed by atoms with Gasteiger partial charge in [-0.15, -0.1) is 0 Å². The lowest BCUT2D eigenvalue weighted by Gasteiger charge is -2.11. The van der Waals surface area contributed by atoms with Gasteiger partial charge in [0.05, 0.1) is 17.6 Å². The second kappa shape index (κ2) is 6.08. The molecule has 0 aliphatic carbocycles. The summed E-state index contributed by atoms with van der Waals surface area (Å²) in [7, 11) is 0. The molecule has 0 saturated heterocycles. The van der Waals surface area contributed by atoms with Gasteiger partial charge in [-0.3, -0.25) is 10.1 Å². The van der Waals surface area contributed by atoms with E-state index in [-0.39, 0.29) is 23.8 Å². The minimum Gasteiger partial charge on any atom is -0.508 e. The van der Waals surface area contributed by atoms with E-state index in [2.05, 4.69) is 4.98 Å². The van der Waals surface area contributed by atoms with Gasteiger partial charge in [0.2, 0.25) is 5.95 Å². The van der Waals surface area contributed by atoms with E-state index >= 15 is 0 Å². The number of nitrogens with zero attached hydrogens (tertiary/aromatic N) is 2. The molecule has 0 aliphatic heterocycles. The lowest BCUT2D eigenvalue weighted by atomic mass is 10.2. The lowest BCUT2D eigenvalue weighted by molar-refractivity contribution is -0.167. The van der Waals surface area contributed by atoms with Crippen LogP contribution in [0.4, 0.5) is 23.5 Å². The first-order chi connectivity index (χ1) is 11.7. The maximum atomic E-state index is 13.0. The van der Waals surface area contributed by atoms with Crippen LogP contribution in [0, 0.1) is 5.82 Å². The van der Waals surface area contributed by atoms with Crippen LogP contribution in [0.5, 0.6) is 5.75 Å². The number of hydrogen-bond acceptors (Lipinski definition) is 3. The van der Waals surface area contributed by atoms with E-state index < -0.39 is 17.9 Å². The molecule has 0 unspecified atom stereocenters. The Morgan fingerprint density at radius 3 is 2.48 bits per heavy atom. The number of anilines is 1. The molecule has 0 atom stereocenters. The van der Waals surface area contributed by atoms with Crippen molar-refractivity contribution in [2.45, 2.75) is 12.7 Å². The third-order valence-corrected chi connectivity index (χ3v) is 3.47. The minimum absolute atomic E-state index is 0.0215. The van der Waals surface area contributed by atoms with E-state index in [4.69, 9.17) is 0 Å². The summed E-state index contributed by atoms with van der Waals surface area (Å²) in [5.41, 5.74) is 1.19. The lowest BCUT2D eigenvalue weighted by Crippen LogP contribution is -2.31. The number of fused-ring (bicyclic) bond motifs is 1. The van der Waals surface area contributed by atoms with Gasteiger partial charge in [-0.05, 0) is 29.8 Å². The second-order valence-corrected chi connectivity index (χ2v) is 5.27. The van der Waals surface area contributed by atoms with Crippen molar-refractivity contribution >= 4 is 22.9 Å². The van der Waals surface area contributed by atoms with Crippen LogP contribution in [0.2, 0.25) is 0 Å². The molecule has 3 rings (SSSR count). The van der Waals surface area contributed by atoms with Crippen molar-refractivity contribution in [3.8, 4) is 5.75 Å². The number of benzene rings is 2. The number of carbonyl (C=O) groups excluding carboxylic acids is 1. The molecule has 0 saturated carbocycles. The minimum atomic E-state index is -5.07. The molecule has 130 valence electrons. The van der Waals surface area contributed by atoms with Gasteiger partial charge in [0, 0.05) is 6.07 Å². The molecule has 0 bridgehead atoms. The summed E-state index contributed by atoms with van der Waals surface area (Å²) in [5, 5.41) is 11.3. The van der Waals surface area contributed by atoms with Gasteiger partial charge in [-0.2, -0.15) is 13.2 Å². The van der Waals surface area contributed by atoms with Crippen molar-refractivity contribution in [3.05, 3.63) is 53.8 Å². The number of alkyl halides is 3. The summed E-state index contributed by atoms with van der Waals surface area (Å²) in [6, 6.07) is 9.38. The number of carbonyl (C=O) groups is 1. The molecule has 9 heteroatoms. The van der Waals surface area contributed by atoms with Crippen LogP contribution in [-0.4, -0.2) is 26.7 Å². The first kappa shape index (κ1) is 16.7. The van der Waals surface area contributed by atoms with Crippen LogP contribution in [-0.2, 0) is 11.3 Å². The maximum absolute atomic E-state index is 13.0.